The number of alkyl halides is 1. The first-order valence-corrected chi connectivity index (χ1v) is 8.52. The van der Waals surface area contributed by atoms with Crippen LogP contribution in [0.2, 0.25) is 0 Å². The Morgan fingerprint density at radius 2 is 2.15 bits per heavy atom. The molecular weight excluding hydrogens is 306 g/mol. The summed E-state index contributed by atoms with van der Waals surface area (Å²) in [7, 11) is -3.54. The van der Waals surface area contributed by atoms with Gasteiger partial charge in [-0.05, 0) is 18.9 Å². The normalized spacial score (nSPS) is 27.9. The Labute approximate surface area is 122 Å². The summed E-state index contributed by atoms with van der Waals surface area (Å²) in [6.45, 7) is 3.72. The zero-order chi connectivity index (χ0) is 15.1. The van der Waals surface area contributed by atoms with E-state index in [4.69, 9.17) is 16.3 Å². The van der Waals surface area contributed by atoms with Crippen LogP contribution in [0, 0.1) is 0 Å². The summed E-state index contributed by atoms with van der Waals surface area (Å²) < 4.78 is 29.0. The molecule has 0 radical (unpaired) electrons. The molecule has 0 aromatic rings. The third kappa shape index (κ3) is 2.33. The highest BCUT2D eigenvalue weighted by Crippen LogP contribution is 2.39. The molecule has 1 amide bonds. The first-order chi connectivity index (χ1) is 9.31. The molecule has 0 aromatic carbocycles. The third-order valence-electron chi connectivity index (χ3n) is 3.33. The van der Waals surface area contributed by atoms with Crippen molar-refractivity contribution < 1.29 is 22.7 Å². The molecule has 0 N–H and O–H groups in total. The third-order valence-corrected chi connectivity index (χ3v) is 5.96. The van der Waals surface area contributed by atoms with E-state index in [0.29, 0.717) is 12.0 Å². The fourth-order valence-corrected chi connectivity index (χ4v) is 4.93. The first kappa shape index (κ1) is 15.3. The van der Waals surface area contributed by atoms with E-state index in [2.05, 4.69) is 0 Å². The molecule has 2 atom stereocenters. The van der Waals surface area contributed by atoms with Crippen molar-refractivity contribution in [1.82, 2.24) is 4.90 Å². The van der Waals surface area contributed by atoms with Gasteiger partial charge in [-0.25, -0.2) is 13.2 Å². The number of fused-ring (bicyclic) bond motifs is 1. The average molecular weight is 322 g/mol. The molecule has 6 nitrogen and oxygen atoms in total. The van der Waals surface area contributed by atoms with Crippen molar-refractivity contribution in [3.05, 3.63) is 11.3 Å². The number of nitrogens with zero attached hydrogens (tertiary/aromatic N) is 1. The van der Waals surface area contributed by atoms with Crippen LogP contribution < -0.4 is 0 Å². The summed E-state index contributed by atoms with van der Waals surface area (Å²) in [4.78, 5) is 24.7. The predicted molar refractivity (Wildman–Crippen MR) is 72.6 cm³/mol. The van der Waals surface area contributed by atoms with Gasteiger partial charge in [-0.15, -0.1) is 11.6 Å². The van der Waals surface area contributed by atoms with E-state index in [1.165, 1.54) is 6.92 Å². The topological polar surface area (TPSA) is 80.8 Å². The molecule has 8 heteroatoms. The highest BCUT2D eigenvalue weighted by molar-refractivity contribution is 7.92. The lowest BCUT2D eigenvalue weighted by atomic mass is 10.1. The molecule has 0 spiro atoms. The molecule has 0 unspecified atom stereocenters. The number of hydrogen-bond acceptors (Lipinski definition) is 5. The van der Waals surface area contributed by atoms with Crippen molar-refractivity contribution in [2.45, 2.75) is 37.4 Å². The van der Waals surface area contributed by atoms with Crippen molar-refractivity contribution in [1.29, 1.82) is 0 Å². The molecule has 2 rings (SSSR count). The number of carbonyl (C=O) groups is 2. The number of esters is 1. The molecule has 0 aliphatic carbocycles. The van der Waals surface area contributed by atoms with Crippen LogP contribution >= 0.6 is 11.6 Å². The van der Waals surface area contributed by atoms with Crippen LogP contribution in [0.4, 0.5) is 0 Å². The minimum Gasteiger partial charge on any atom is -0.461 e. The summed E-state index contributed by atoms with van der Waals surface area (Å²) >= 11 is 5.76. The van der Waals surface area contributed by atoms with Gasteiger partial charge in [0.25, 0.3) is 0 Å². The number of carbonyl (C=O) groups excluding carboxylic acids is 2. The van der Waals surface area contributed by atoms with Gasteiger partial charge in [-0.2, -0.15) is 0 Å². The van der Waals surface area contributed by atoms with Crippen LogP contribution in [-0.4, -0.2) is 48.3 Å². The number of rotatable bonds is 4. The Balaban J connectivity index is 2.28. The fraction of sp³-hybridized carbons (Fsp3) is 0.667. The summed E-state index contributed by atoms with van der Waals surface area (Å²) in [5, 5.41) is -2.26. The number of unbranched alkanes of at least 4 members (excludes halogenated alkanes) is 1. The van der Waals surface area contributed by atoms with Crippen molar-refractivity contribution in [3.63, 3.8) is 0 Å². The van der Waals surface area contributed by atoms with Gasteiger partial charge in [0, 0.05) is 0 Å². The van der Waals surface area contributed by atoms with Crippen LogP contribution in [0.15, 0.2) is 11.3 Å². The Morgan fingerprint density at radius 1 is 1.50 bits per heavy atom. The molecule has 1 fully saturated rings. The molecular formula is C12H16ClNO5S. The Kier molecular flexibility index (Phi) is 4.11. The molecule has 1 saturated heterocycles. The molecule has 0 bridgehead atoms. The lowest BCUT2D eigenvalue weighted by Crippen LogP contribution is -2.68. The van der Waals surface area contributed by atoms with Gasteiger partial charge in [0.2, 0.25) is 5.91 Å². The van der Waals surface area contributed by atoms with Crippen LogP contribution in [0.25, 0.3) is 0 Å². The molecule has 0 saturated carbocycles. The van der Waals surface area contributed by atoms with Crippen molar-refractivity contribution in [3.8, 4) is 0 Å². The van der Waals surface area contributed by atoms with E-state index in [9.17, 15) is 18.0 Å². The first-order valence-electron chi connectivity index (χ1n) is 6.37. The smallest absolute Gasteiger partial charge is 0.355 e. The van der Waals surface area contributed by atoms with Gasteiger partial charge in [-0.1, -0.05) is 13.3 Å². The fourth-order valence-electron chi connectivity index (χ4n) is 2.32. The second-order valence-corrected chi connectivity index (χ2v) is 7.49. The standard InChI is InChI=1S/C12H16ClNO5S/c1-3-4-5-19-12(16)9-7(2)6-20(17,18)11-8(13)10(15)14(9)11/h8,11H,3-6H2,1-2H3/t8-,11+/m0/s1. The zero-order valence-corrected chi connectivity index (χ0v) is 12.8. The van der Waals surface area contributed by atoms with Crippen LogP contribution in [0.3, 0.4) is 0 Å². The lowest BCUT2D eigenvalue weighted by molar-refractivity contribution is -0.149. The average Bonchev–Trinajstić information content (AvgIpc) is 2.36. The second kappa shape index (κ2) is 5.37. The predicted octanol–water partition coefficient (Wildman–Crippen LogP) is 0.808. The van der Waals surface area contributed by atoms with Crippen LogP contribution in [-0.2, 0) is 24.2 Å². The zero-order valence-electron chi connectivity index (χ0n) is 11.3. The van der Waals surface area contributed by atoms with Gasteiger partial charge in [0.05, 0.1) is 12.4 Å². The van der Waals surface area contributed by atoms with Gasteiger partial charge >= 0.3 is 5.97 Å². The number of hydrogen-bond donors (Lipinski definition) is 0. The lowest BCUT2D eigenvalue weighted by Gasteiger charge is -2.46. The van der Waals surface area contributed by atoms with Gasteiger partial charge < -0.3 is 4.74 Å². The highest BCUT2D eigenvalue weighted by Gasteiger charge is 2.59. The van der Waals surface area contributed by atoms with E-state index in [1.807, 2.05) is 6.92 Å². The second-order valence-electron chi connectivity index (χ2n) is 4.93. The summed E-state index contributed by atoms with van der Waals surface area (Å²) in [6.07, 6.45) is 1.58. The van der Waals surface area contributed by atoms with Gasteiger partial charge in [0.1, 0.15) is 11.1 Å². The van der Waals surface area contributed by atoms with Crippen molar-refractivity contribution in [2.75, 3.05) is 12.4 Å². The van der Waals surface area contributed by atoms with Crippen LogP contribution in [0.1, 0.15) is 26.7 Å². The van der Waals surface area contributed by atoms with Gasteiger partial charge in [-0.3, -0.25) is 9.69 Å². The summed E-state index contributed by atoms with van der Waals surface area (Å²) in [5.74, 6) is -1.50. The monoisotopic (exact) mass is 321 g/mol. The van der Waals surface area contributed by atoms with E-state index >= 15 is 0 Å². The SMILES string of the molecule is CCCCOC(=O)C1=C(C)CS(=O)(=O)[C@@H]2[C@@H](Cl)C(=O)N12. The van der Waals surface area contributed by atoms with Crippen LogP contribution in [0.5, 0.6) is 0 Å². The van der Waals surface area contributed by atoms with E-state index in [0.717, 1.165) is 11.3 Å². The molecule has 2 aliphatic heterocycles. The molecule has 2 aliphatic rings. The maximum absolute atomic E-state index is 12.0. The largest absolute Gasteiger partial charge is 0.461 e. The van der Waals surface area contributed by atoms with E-state index in [-0.39, 0.29) is 18.1 Å². The molecule has 2 heterocycles. The Bertz CT molecular complexity index is 583. The van der Waals surface area contributed by atoms with E-state index < -0.39 is 32.5 Å². The number of sulfone groups is 1. The van der Waals surface area contributed by atoms with Gasteiger partial charge in [0.15, 0.2) is 15.2 Å². The maximum Gasteiger partial charge on any atom is 0.355 e. The minimum absolute atomic E-state index is 0.0304. The number of amides is 1. The molecule has 112 valence electrons. The molecule has 20 heavy (non-hydrogen) atoms. The minimum atomic E-state index is -3.54. The number of β-lactam (4-membered cyclic amide) rings is 1. The summed E-state index contributed by atoms with van der Waals surface area (Å²) in [6, 6.07) is 0. The van der Waals surface area contributed by atoms with E-state index in [1.54, 1.807) is 0 Å². The Hall–Kier alpha value is -1.08. The van der Waals surface area contributed by atoms with Crippen molar-refractivity contribution in [2.24, 2.45) is 0 Å². The highest BCUT2D eigenvalue weighted by atomic mass is 35.5. The molecule has 0 aromatic heterocycles. The quantitative estimate of drug-likeness (QED) is 0.331. The number of halogens is 1. The summed E-state index contributed by atoms with van der Waals surface area (Å²) in [5.41, 5.74) is 0.350. The maximum atomic E-state index is 12.0. The Morgan fingerprint density at radius 3 is 2.75 bits per heavy atom. The number of ether oxygens (including phenoxy) is 1. The van der Waals surface area contributed by atoms with Crippen molar-refractivity contribution >= 4 is 33.3 Å².